The molecule has 74 valence electrons. The summed E-state index contributed by atoms with van der Waals surface area (Å²) in [7, 11) is 0. The van der Waals surface area contributed by atoms with Crippen molar-refractivity contribution in [1.82, 2.24) is 0 Å². The van der Waals surface area contributed by atoms with E-state index in [9.17, 15) is 0 Å². The summed E-state index contributed by atoms with van der Waals surface area (Å²) < 4.78 is 5.62. The summed E-state index contributed by atoms with van der Waals surface area (Å²) >= 11 is 0. The van der Waals surface area contributed by atoms with Crippen LogP contribution in [-0.4, -0.2) is 6.61 Å². The molecule has 0 N–H and O–H groups in total. The lowest BCUT2D eigenvalue weighted by Gasteiger charge is -2.10. The Bertz CT molecular complexity index is 318. The van der Waals surface area contributed by atoms with Gasteiger partial charge in [0.25, 0.3) is 0 Å². The Balaban J connectivity index is 2.16. The Morgan fingerprint density at radius 2 is 2.07 bits per heavy atom. The lowest BCUT2D eigenvalue weighted by molar-refractivity contribution is 0.112. The summed E-state index contributed by atoms with van der Waals surface area (Å²) in [5, 5.41) is 0. The van der Waals surface area contributed by atoms with E-state index in [1.807, 2.05) is 6.92 Å². The zero-order valence-electron chi connectivity index (χ0n) is 8.62. The number of hydrogen-bond acceptors (Lipinski definition) is 1. The molecule has 0 radical (unpaired) electrons. The summed E-state index contributed by atoms with van der Waals surface area (Å²) in [6.45, 7) is 6.86. The van der Waals surface area contributed by atoms with E-state index in [4.69, 9.17) is 4.74 Å². The van der Waals surface area contributed by atoms with Crippen LogP contribution in [-0.2, 0) is 4.74 Å². The second kappa shape index (κ2) is 3.97. The molecule has 0 aromatic heterocycles. The van der Waals surface area contributed by atoms with Crippen LogP contribution in [0.15, 0.2) is 30.8 Å². The Morgan fingerprint density at radius 3 is 2.57 bits per heavy atom. The summed E-state index contributed by atoms with van der Waals surface area (Å²) in [5.74, 6) is 0. The third-order valence-corrected chi connectivity index (χ3v) is 2.70. The first-order valence-electron chi connectivity index (χ1n) is 5.15. The van der Waals surface area contributed by atoms with Gasteiger partial charge in [-0.25, -0.2) is 0 Å². The Hall–Kier alpha value is -1.08. The maximum atomic E-state index is 5.62. The third-order valence-electron chi connectivity index (χ3n) is 2.70. The van der Waals surface area contributed by atoms with E-state index in [1.165, 1.54) is 17.5 Å². The van der Waals surface area contributed by atoms with Gasteiger partial charge in [-0.1, -0.05) is 36.4 Å². The van der Waals surface area contributed by atoms with E-state index in [0.717, 1.165) is 18.6 Å². The van der Waals surface area contributed by atoms with E-state index in [-0.39, 0.29) is 0 Å². The number of benzene rings is 1. The van der Waals surface area contributed by atoms with Crippen LogP contribution in [0, 0.1) is 0 Å². The van der Waals surface area contributed by atoms with Gasteiger partial charge >= 0.3 is 0 Å². The van der Waals surface area contributed by atoms with Crippen molar-refractivity contribution in [3.8, 4) is 0 Å². The van der Waals surface area contributed by atoms with E-state index < -0.39 is 0 Å². The standard InChI is InChI=1S/C13H16O/c1-10(2)11-5-7-12(8-6-11)13-4-3-9-14-13/h5-8,13H,1,3-4,9H2,2H3. The molecule has 0 aliphatic carbocycles. The molecule has 0 spiro atoms. The van der Waals surface area contributed by atoms with Gasteiger partial charge in [-0.3, -0.25) is 0 Å². The van der Waals surface area contributed by atoms with Crippen LogP contribution in [0.1, 0.15) is 37.0 Å². The van der Waals surface area contributed by atoms with Gasteiger partial charge in [0.05, 0.1) is 6.10 Å². The molecule has 1 unspecified atom stereocenters. The molecule has 1 aliphatic heterocycles. The molecule has 1 saturated heterocycles. The molecule has 1 heteroatoms. The second-order valence-electron chi connectivity index (χ2n) is 3.90. The van der Waals surface area contributed by atoms with Gasteiger partial charge in [0.1, 0.15) is 0 Å². The SMILES string of the molecule is C=C(C)c1ccc(C2CCCO2)cc1. The normalized spacial score (nSPS) is 21.1. The zero-order valence-corrected chi connectivity index (χ0v) is 8.62. The summed E-state index contributed by atoms with van der Waals surface area (Å²) in [6.07, 6.45) is 2.67. The summed E-state index contributed by atoms with van der Waals surface area (Å²) in [6, 6.07) is 8.55. The van der Waals surface area contributed by atoms with Crippen LogP contribution in [0.25, 0.3) is 5.57 Å². The molecule has 2 rings (SSSR count). The van der Waals surface area contributed by atoms with Crippen LogP contribution in [0.3, 0.4) is 0 Å². The molecule has 1 atom stereocenters. The molecule has 1 nitrogen and oxygen atoms in total. The molecule has 0 bridgehead atoms. The van der Waals surface area contributed by atoms with Gasteiger partial charge in [0.15, 0.2) is 0 Å². The molecular formula is C13H16O. The molecule has 0 amide bonds. The highest BCUT2D eigenvalue weighted by molar-refractivity contribution is 5.61. The van der Waals surface area contributed by atoms with Crippen molar-refractivity contribution in [2.75, 3.05) is 6.61 Å². The first-order chi connectivity index (χ1) is 6.77. The van der Waals surface area contributed by atoms with Crippen LogP contribution in [0.5, 0.6) is 0 Å². The smallest absolute Gasteiger partial charge is 0.0825 e. The Labute approximate surface area is 85.4 Å². The predicted octanol–water partition coefficient (Wildman–Crippen LogP) is 3.57. The van der Waals surface area contributed by atoms with Crippen LogP contribution >= 0.6 is 0 Å². The topological polar surface area (TPSA) is 9.23 Å². The Morgan fingerprint density at radius 1 is 1.36 bits per heavy atom. The zero-order chi connectivity index (χ0) is 9.97. The van der Waals surface area contributed by atoms with Crippen molar-refractivity contribution in [3.05, 3.63) is 42.0 Å². The third kappa shape index (κ3) is 1.88. The lowest BCUT2D eigenvalue weighted by atomic mass is 10.0. The first kappa shape index (κ1) is 9.47. The minimum atomic E-state index is 0.328. The minimum absolute atomic E-state index is 0.328. The second-order valence-corrected chi connectivity index (χ2v) is 3.90. The Kier molecular flexibility index (Phi) is 2.69. The number of hydrogen-bond donors (Lipinski definition) is 0. The largest absolute Gasteiger partial charge is 0.374 e. The van der Waals surface area contributed by atoms with Crippen molar-refractivity contribution >= 4 is 5.57 Å². The summed E-state index contributed by atoms with van der Waals surface area (Å²) in [4.78, 5) is 0. The van der Waals surface area contributed by atoms with E-state index in [1.54, 1.807) is 0 Å². The van der Waals surface area contributed by atoms with Crippen molar-refractivity contribution in [2.24, 2.45) is 0 Å². The van der Waals surface area contributed by atoms with Crippen molar-refractivity contribution < 1.29 is 4.74 Å². The van der Waals surface area contributed by atoms with E-state index in [0.29, 0.717) is 6.10 Å². The highest BCUT2D eigenvalue weighted by Gasteiger charge is 2.16. The molecule has 0 saturated carbocycles. The van der Waals surface area contributed by atoms with Crippen LogP contribution in [0.2, 0.25) is 0 Å². The van der Waals surface area contributed by atoms with Gasteiger partial charge in [-0.15, -0.1) is 0 Å². The van der Waals surface area contributed by atoms with Gasteiger partial charge in [0.2, 0.25) is 0 Å². The van der Waals surface area contributed by atoms with Gasteiger partial charge < -0.3 is 4.74 Å². The van der Waals surface area contributed by atoms with Gasteiger partial charge in [-0.05, 0) is 30.9 Å². The number of rotatable bonds is 2. The molecule has 1 aliphatic rings. The molecule has 1 aromatic carbocycles. The van der Waals surface area contributed by atoms with Crippen molar-refractivity contribution in [1.29, 1.82) is 0 Å². The van der Waals surface area contributed by atoms with Crippen LogP contribution < -0.4 is 0 Å². The highest BCUT2D eigenvalue weighted by atomic mass is 16.5. The highest BCUT2D eigenvalue weighted by Crippen LogP contribution is 2.28. The quantitative estimate of drug-likeness (QED) is 0.689. The van der Waals surface area contributed by atoms with E-state index in [2.05, 4.69) is 30.8 Å². The average Bonchev–Trinajstić information content (AvgIpc) is 2.71. The summed E-state index contributed by atoms with van der Waals surface area (Å²) in [5.41, 5.74) is 3.63. The van der Waals surface area contributed by atoms with E-state index >= 15 is 0 Å². The van der Waals surface area contributed by atoms with Gasteiger partial charge in [0, 0.05) is 6.61 Å². The molecule has 1 fully saturated rings. The minimum Gasteiger partial charge on any atom is -0.374 e. The monoisotopic (exact) mass is 188 g/mol. The molecule has 1 aromatic rings. The molecule has 14 heavy (non-hydrogen) atoms. The lowest BCUT2D eigenvalue weighted by Crippen LogP contribution is -1.95. The fraction of sp³-hybridized carbons (Fsp3) is 0.385. The number of allylic oxidation sites excluding steroid dienone is 1. The maximum absolute atomic E-state index is 5.62. The first-order valence-corrected chi connectivity index (χ1v) is 5.15. The fourth-order valence-corrected chi connectivity index (χ4v) is 1.82. The fourth-order valence-electron chi connectivity index (χ4n) is 1.82. The van der Waals surface area contributed by atoms with Gasteiger partial charge in [-0.2, -0.15) is 0 Å². The maximum Gasteiger partial charge on any atom is 0.0825 e. The molecular weight excluding hydrogens is 172 g/mol. The van der Waals surface area contributed by atoms with Crippen molar-refractivity contribution in [3.63, 3.8) is 0 Å². The van der Waals surface area contributed by atoms with Crippen molar-refractivity contribution in [2.45, 2.75) is 25.9 Å². The number of ether oxygens (including phenoxy) is 1. The molecule has 1 heterocycles. The predicted molar refractivity (Wildman–Crippen MR) is 59.1 cm³/mol. The van der Waals surface area contributed by atoms with Crippen LogP contribution in [0.4, 0.5) is 0 Å². The average molecular weight is 188 g/mol.